The Hall–Kier alpha value is -3.69. The third-order valence-electron chi connectivity index (χ3n) is 4.93. The zero-order valence-electron chi connectivity index (χ0n) is 17.7. The largest absolute Gasteiger partial charge is 0.328 e. The highest BCUT2D eigenvalue weighted by Gasteiger charge is 2.21. The molecule has 7 nitrogen and oxygen atoms in total. The Morgan fingerprint density at radius 3 is 2.47 bits per heavy atom. The van der Waals surface area contributed by atoms with Crippen LogP contribution in [-0.2, 0) is 9.59 Å². The summed E-state index contributed by atoms with van der Waals surface area (Å²) in [6.07, 6.45) is 0. The van der Waals surface area contributed by atoms with Gasteiger partial charge in [-0.05, 0) is 73.2 Å². The van der Waals surface area contributed by atoms with E-state index in [1.165, 1.54) is 22.9 Å². The lowest BCUT2D eigenvalue weighted by molar-refractivity contribution is -0.133. The maximum Gasteiger partial charge on any atom is 0.328 e. The highest BCUT2D eigenvalue weighted by atomic mass is 79.9. The highest BCUT2D eigenvalue weighted by molar-refractivity contribution is 9.10. The molecule has 0 fully saturated rings. The summed E-state index contributed by atoms with van der Waals surface area (Å²) >= 11 is 9.47. The Bertz CT molecular complexity index is 1450. The van der Waals surface area contributed by atoms with E-state index in [9.17, 15) is 18.8 Å². The lowest BCUT2D eigenvalue weighted by atomic mass is 10.2. The molecule has 3 N–H and O–H groups in total. The number of hydrogen-bond donors (Lipinski definition) is 3. The fourth-order valence-electron chi connectivity index (χ4n) is 3.33. The summed E-state index contributed by atoms with van der Waals surface area (Å²) in [5.41, 5.74) is 4.49. The van der Waals surface area contributed by atoms with Crippen LogP contribution < -0.4 is 16.1 Å². The summed E-state index contributed by atoms with van der Waals surface area (Å²) < 4.78 is 15.5. The van der Waals surface area contributed by atoms with E-state index in [-0.39, 0.29) is 11.4 Å². The van der Waals surface area contributed by atoms with Crippen molar-refractivity contribution in [3.05, 3.63) is 93.3 Å². The van der Waals surface area contributed by atoms with Gasteiger partial charge < -0.3 is 10.6 Å². The lowest BCUT2D eigenvalue weighted by Crippen LogP contribution is -2.36. The average molecular weight is 544 g/mol. The number of carbonyl (C=O) groups excluding carboxylic acids is 3. The molecule has 0 aliphatic rings. The van der Waals surface area contributed by atoms with Crippen molar-refractivity contribution in [2.45, 2.75) is 6.92 Å². The van der Waals surface area contributed by atoms with Crippen LogP contribution in [0.4, 0.5) is 15.8 Å². The molecule has 0 radical (unpaired) electrons. The topological polar surface area (TPSA) is 92.2 Å². The van der Waals surface area contributed by atoms with Crippen LogP contribution in [0, 0.1) is 12.7 Å². The number of rotatable bonds is 4. The first-order chi connectivity index (χ1) is 16.2. The van der Waals surface area contributed by atoms with Gasteiger partial charge in [0.1, 0.15) is 11.5 Å². The number of hydrogen-bond acceptors (Lipinski definition) is 3. The van der Waals surface area contributed by atoms with Gasteiger partial charge in [-0.2, -0.15) is 0 Å². The van der Waals surface area contributed by atoms with Gasteiger partial charge in [0.15, 0.2) is 0 Å². The Labute approximate surface area is 207 Å². The van der Waals surface area contributed by atoms with Crippen LogP contribution >= 0.6 is 27.5 Å². The van der Waals surface area contributed by atoms with E-state index in [1.807, 2.05) is 13.0 Å². The second-order valence-corrected chi connectivity index (χ2v) is 8.74. The molecule has 0 aliphatic carbocycles. The Kier molecular flexibility index (Phi) is 6.67. The van der Waals surface area contributed by atoms with E-state index in [2.05, 4.69) is 32.0 Å². The predicted octanol–water partition coefficient (Wildman–Crippen LogP) is 5.47. The van der Waals surface area contributed by atoms with Crippen molar-refractivity contribution in [3.8, 4) is 0 Å². The monoisotopic (exact) mass is 542 g/mol. The van der Waals surface area contributed by atoms with Gasteiger partial charge in [0.2, 0.25) is 0 Å². The number of benzene rings is 3. The number of aryl methyl sites for hydroxylation is 1. The molecule has 172 valence electrons. The number of nitrogens with one attached hydrogen (secondary N) is 3. The van der Waals surface area contributed by atoms with Crippen LogP contribution in [-0.4, -0.2) is 22.4 Å². The van der Waals surface area contributed by atoms with Gasteiger partial charge in [0.25, 0.3) is 5.91 Å². The molecule has 0 unspecified atom stereocenters. The molecule has 4 aromatic rings. The maximum absolute atomic E-state index is 13.4. The van der Waals surface area contributed by atoms with E-state index in [1.54, 1.807) is 36.4 Å². The molecule has 4 rings (SSSR count). The van der Waals surface area contributed by atoms with Gasteiger partial charge in [0.05, 0.1) is 5.52 Å². The smallest absolute Gasteiger partial charge is 0.320 e. The van der Waals surface area contributed by atoms with Crippen molar-refractivity contribution < 1.29 is 18.8 Å². The molecular weight excluding hydrogens is 527 g/mol. The molecule has 3 aromatic carbocycles. The minimum Gasteiger partial charge on any atom is -0.320 e. The van der Waals surface area contributed by atoms with Gasteiger partial charge in [-0.1, -0.05) is 33.6 Å². The Balaban J connectivity index is 1.64. The molecule has 3 amide bonds. The average Bonchev–Trinajstić information content (AvgIpc) is 3.13. The Morgan fingerprint density at radius 1 is 0.941 bits per heavy atom. The van der Waals surface area contributed by atoms with Gasteiger partial charge in [-0.25, -0.2) is 9.07 Å². The number of aromatic nitrogens is 1. The molecule has 0 bridgehead atoms. The molecule has 0 atom stereocenters. The molecule has 10 heteroatoms. The number of nitrogens with zero attached hydrogens (tertiary/aromatic N) is 1. The molecule has 1 aromatic heterocycles. The maximum atomic E-state index is 13.4. The summed E-state index contributed by atoms with van der Waals surface area (Å²) in [7, 11) is 0. The van der Waals surface area contributed by atoms with Crippen molar-refractivity contribution >= 4 is 67.5 Å². The summed E-state index contributed by atoms with van der Waals surface area (Å²) in [5, 5.41) is 6.15. The first-order valence-corrected chi connectivity index (χ1v) is 11.1. The minimum atomic E-state index is -1.05. The zero-order valence-corrected chi connectivity index (χ0v) is 20.0. The number of carbonyl (C=O) groups is 3. The van der Waals surface area contributed by atoms with Crippen LogP contribution in [0.3, 0.4) is 0 Å². The first kappa shape index (κ1) is 23.5. The normalized spacial score (nSPS) is 10.7. The van der Waals surface area contributed by atoms with Crippen LogP contribution in [0.5, 0.6) is 0 Å². The number of anilines is 2. The van der Waals surface area contributed by atoms with Gasteiger partial charge in [-0.3, -0.25) is 19.8 Å². The second kappa shape index (κ2) is 9.66. The number of amides is 3. The molecule has 0 saturated heterocycles. The molecule has 1 heterocycles. The van der Waals surface area contributed by atoms with Gasteiger partial charge in [-0.15, -0.1) is 0 Å². The third kappa shape index (κ3) is 5.11. The van der Waals surface area contributed by atoms with E-state index in [0.29, 0.717) is 21.6 Å². The van der Waals surface area contributed by atoms with Crippen molar-refractivity contribution in [1.29, 1.82) is 0 Å². The number of fused-ring (bicyclic) bond motifs is 1. The summed E-state index contributed by atoms with van der Waals surface area (Å²) in [6.45, 7) is 1.84. The van der Waals surface area contributed by atoms with Crippen LogP contribution in [0.1, 0.15) is 16.1 Å². The molecular formula is C24H17BrClFN4O3. The Morgan fingerprint density at radius 2 is 1.74 bits per heavy atom. The highest BCUT2D eigenvalue weighted by Crippen LogP contribution is 2.25. The van der Waals surface area contributed by atoms with E-state index in [0.717, 1.165) is 16.1 Å². The molecule has 0 spiro atoms. The summed E-state index contributed by atoms with van der Waals surface area (Å²) in [5.74, 6) is -3.15. The summed E-state index contributed by atoms with van der Waals surface area (Å²) in [6, 6.07) is 16.9. The van der Waals surface area contributed by atoms with E-state index >= 15 is 0 Å². The van der Waals surface area contributed by atoms with Crippen molar-refractivity contribution in [3.63, 3.8) is 0 Å². The molecule has 0 aliphatic heterocycles. The van der Waals surface area contributed by atoms with E-state index < -0.39 is 23.5 Å². The first-order valence-electron chi connectivity index (χ1n) is 9.97. The standard InChI is InChI=1S/C24H17BrClFN4O3/c1-13-9-15(25)5-7-19(13)29-22(32)21-11-14-10-16(26)6-8-20(14)31(21)30-24(34)23(33)28-18-4-2-3-17(27)12-18/h2-12H,1H3,(H,28,33)(H,29,32)(H,30,34). The minimum absolute atomic E-state index is 0.0755. The van der Waals surface area contributed by atoms with Crippen LogP contribution in [0.15, 0.2) is 71.2 Å². The fraction of sp³-hybridized carbons (Fsp3) is 0.0417. The number of halogens is 3. The van der Waals surface area contributed by atoms with Gasteiger partial charge >= 0.3 is 11.8 Å². The fourth-order valence-corrected chi connectivity index (χ4v) is 3.99. The van der Waals surface area contributed by atoms with Crippen molar-refractivity contribution in [2.24, 2.45) is 0 Å². The lowest BCUT2D eigenvalue weighted by Gasteiger charge is -2.13. The molecule has 0 saturated carbocycles. The quantitative estimate of drug-likeness (QED) is 0.298. The molecule has 34 heavy (non-hydrogen) atoms. The van der Waals surface area contributed by atoms with Gasteiger partial charge in [0, 0.05) is 26.3 Å². The van der Waals surface area contributed by atoms with E-state index in [4.69, 9.17) is 11.6 Å². The SMILES string of the molecule is Cc1cc(Br)ccc1NC(=O)c1cc2cc(Cl)ccc2n1NC(=O)C(=O)Nc1cccc(F)c1. The van der Waals surface area contributed by atoms with Crippen LogP contribution in [0.2, 0.25) is 5.02 Å². The van der Waals surface area contributed by atoms with Crippen LogP contribution in [0.25, 0.3) is 10.9 Å². The zero-order chi connectivity index (χ0) is 24.4. The second-order valence-electron chi connectivity index (χ2n) is 7.39. The van der Waals surface area contributed by atoms with Crippen molar-refractivity contribution in [2.75, 3.05) is 16.1 Å². The third-order valence-corrected chi connectivity index (χ3v) is 5.66. The summed E-state index contributed by atoms with van der Waals surface area (Å²) in [4.78, 5) is 38.2. The predicted molar refractivity (Wildman–Crippen MR) is 133 cm³/mol. The van der Waals surface area contributed by atoms with Crippen molar-refractivity contribution in [1.82, 2.24) is 4.68 Å².